The van der Waals surface area contributed by atoms with E-state index in [9.17, 15) is 29.4 Å². The predicted octanol–water partition coefficient (Wildman–Crippen LogP) is 0.871. The van der Waals surface area contributed by atoms with Gasteiger partial charge in [0.05, 0.1) is 18.6 Å². The second kappa shape index (κ2) is 13.0. The summed E-state index contributed by atoms with van der Waals surface area (Å²) in [6.45, 7) is 4.74. The maximum absolute atomic E-state index is 12.9. The van der Waals surface area contributed by atoms with E-state index in [0.717, 1.165) is 25.7 Å². The molecule has 0 unspecified atom stereocenters. The molecule has 0 saturated carbocycles. The number of carbonyl (C=O) groups excluding carboxylic acids is 4. The zero-order valence-electron chi connectivity index (χ0n) is 20.1. The van der Waals surface area contributed by atoms with Gasteiger partial charge in [0, 0.05) is 19.8 Å². The molecular weight excluding hydrogens is 450 g/mol. The standard InChI is InChI=1S/C23H37NO10/c1-4-6-8-10-17(28)31-13-16(27)20-21-19(24-14(3)25)15(26)12-23(34-21,22(30)32-20)33-18(29)11-9-7-5-2/h15-16,19-21,26-27H,4-13H2,1-3H3,(H,24,25)/t15-,16+,19+,20+,21+,23-/m0/s1. The van der Waals surface area contributed by atoms with Crippen molar-refractivity contribution in [2.24, 2.45) is 0 Å². The quantitative estimate of drug-likeness (QED) is 0.193. The fraction of sp³-hybridized carbons (Fsp3) is 0.826. The Hall–Kier alpha value is -2.24. The van der Waals surface area contributed by atoms with Crippen molar-refractivity contribution >= 4 is 23.8 Å². The first-order valence-electron chi connectivity index (χ1n) is 12.0. The highest BCUT2D eigenvalue weighted by Gasteiger charge is 2.63. The van der Waals surface area contributed by atoms with Crippen molar-refractivity contribution in [2.45, 2.75) is 115 Å². The number of carbonyl (C=O) groups is 4. The monoisotopic (exact) mass is 487 g/mol. The van der Waals surface area contributed by atoms with Gasteiger partial charge >= 0.3 is 23.7 Å². The van der Waals surface area contributed by atoms with Crippen LogP contribution >= 0.6 is 0 Å². The van der Waals surface area contributed by atoms with E-state index in [4.69, 9.17) is 18.9 Å². The van der Waals surface area contributed by atoms with Crippen molar-refractivity contribution in [3.05, 3.63) is 0 Å². The van der Waals surface area contributed by atoms with Crippen LogP contribution in [0, 0.1) is 0 Å². The number of ether oxygens (including phenoxy) is 4. The Labute approximate surface area is 199 Å². The van der Waals surface area contributed by atoms with Gasteiger partial charge in [0.15, 0.2) is 6.10 Å². The SMILES string of the molecule is CCCCCC(=O)OC[C@@H](O)[C@H]1OC(=O)[C@]2(OC(=O)CCCCC)C[C@H](O)[C@@H](NC(C)=O)[C@H]1O2. The van der Waals surface area contributed by atoms with Crippen LogP contribution in [0.2, 0.25) is 0 Å². The minimum absolute atomic E-state index is 0.0577. The summed E-state index contributed by atoms with van der Waals surface area (Å²) in [6, 6.07) is -1.06. The number of aliphatic hydroxyl groups is 2. The van der Waals surface area contributed by atoms with Crippen LogP contribution in [0.1, 0.15) is 78.6 Å². The van der Waals surface area contributed by atoms with Gasteiger partial charge < -0.3 is 34.5 Å². The highest BCUT2D eigenvalue weighted by Crippen LogP contribution is 2.39. The average molecular weight is 488 g/mol. The number of nitrogens with one attached hydrogen (secondary N) is 1. The van der Waals surface area contributed by atoms with Crippen LogP contribution in [0.4, 0.5) is 0 Å². The van der Waals surface area contributed by atoms with Gasteiger partial charge in [0.1, 0.15) is 18.8 Å². The fourth-order valence-electron chi connectivity index (χ4n) is 4.08. The van der Waals surface area contributed by atoms with Crippen LogP contribution in [0.15, 0.2) is 0 Å². The molecule has 1 amide bonds. The molecule has 11 nitrogen and oxygen atoms in total. The third-order valence-corrected chi connectivity index (χ3v) is 5.86. The summed E-state index contributed by atoms with van der Waals surface area (Å²) >= 11 is 0. The van der Waals surface area contributed by atoms with Crippen LogP contribution in [-0.4, -0.2) is 76.9 Å². The minimum Gasteiger partial charge on any atom is -0.463 e. The highest BCUT2D eigenvalue weighted by atomic mass is 16.8. The molecule has 0 aromatic heterocycles. The van der Waals surface area contributed by atoms with Crippen LogP contribution in [0.3, 0.4) is 0 Å². The molecule has 34 heavy (non-hydrogen) atoms. The van der Waals surface area contributed by atoms with E-state index in [1.807, 2.05) is 13.8 Å². The number of unbranched alkanes of at least 4 members (excludes halogenated alkanes) is 4. The summed E-state index contributed by atoms with van der Waals surface area (Å²) in [6.07, 6.45) is -0.947. The molecule has 2 aliphatic rings. The molecule has 0 spiro atoms. The summed E-state index contributed by atoms with van der Waals surface area (Å²) in [5, 5.41) is 23.9. The topological polar surface area (TPSA) is 158 Å². The molecule has 11 heteroatoms. The number of esters is 3. The van der Waals surface area contributed by atoms with Crippen LogP contribution in [0.5, 0.6) is 0 Å². The van der Waals surface area contributed by atoms with Gasteiger partial charge in [-0.05, 0) is 12.8 Å². The van der Waals surface area contributed by atoms with E-state index in [0.29, 0.717) is 12.8 Å². The second-order valence-electron chi connectivity index (χ2n) is 8.84. The molecule has 2 aliphatic heterocycles. The lowest BCUT2D eigenvalue weighted by Gasteiger charge is -2.51. The second-order valence-corrected chi connectivity index (χ2v) is 8.84. The predicted molar refractivity (Wildman–Crippen MR) is 117 cm³/mol. The summed E-state index contributed by atoms with van der Waals surface area (Å²) in [4.78, 5) is 48.8. The molecule has 194 valence electrons. The molecule has 0 aliphatic carbocycles. The number of fused-ring (bicyclic) bond motifs is 2. The van der Waals surface area contributed by atoms with E-state index < -0.39 is 73.1 Å². The van der Waals surface area contributed by atoms with Crippen molar-refractivity contribution in [1.82, 2.24) is 5.32 Å². The third kappa shape index (κ3) is 7.38. The Morgan fingerprint density at radius 2 is 1.74 bits per heavy atom. The maximum atomic E-state index is 12.9. The molecule has 0 aromatic rings. The Balaban J connectivity index is 2.14. The van der Waals surface area contributed by atoms with Crippen molar-refractivity contribution in [1.29, 1.82) is 0 Å². The van der Waals surface area contributed by atoms with Crippen molar-refractivity contribution in [2.75, 3.05) is 6.61 Å². The van der Waals surface area contributed by atoms with Crippen molar-refractivity contribution in [3.63, 3.8) is 0 Å². The van der Waals surface area contributed by atoms with Crippen LogP contribution in [0.25, 0.3) is 0 Å². The number of hydrogen-bond acceptors (Lipinski definition) is 10. The molecule has 2 saturated heterocycles. The fourth-order valence-corrected chi connectivity index (χ4v) is 4.08. The number of rotatable bonds is 13. The van der Waals surface area contributed by atoms with Crippen LogP contribution in [-0.2, 0) is 38.1 Å². The molecule has 2 bridgehead atoms. The van der Waals surface area contributed by atoms with E-state index in [2.05, 4.69) is 5.32 Å². The minimum atomic E-state index is -2.19. The smallest absolute Gasteiger partial charge is 0.380 e. The summed E-state index contributed by atoms with van der Waals surface area (Å²) in [5.74, 6) is -4.94. The summed E-state index contributed by atoms with van der Waals surface area (Å²) in [5.41, 5.74) is 0. The third-order valence-electron chi connectivity index (χ3n) is 5.86. The average Bonchev–Trinajstić information content (AvgIpc) is 2.77. The maximum Gasteiger partial charge on any atom is 0.380 e. The molecule has 0 aromatic carbocycles. The van der Waals surface area contributed by atoms with Gasteiger partial charge in [-0.25, -0.2) is 4.79 Å². The van der Waals surface area contributed by atoms with Crippen LogP contribution < -0.4 is 5.32 Å². The first-order valence-corrected chi connectivity index (χ1v) is 12.0. The van der Waals surface area contributed by atoms with Gasteiger partial charge in [-0.1, -0.05) is 39.5 Å². The molecule has 3 N–H and O–H groups in total. The van der Waals surface area contributed by atoms with Crippen molar-refractivity contribution < 1.29 is 48.3 Å². The molecule has 2 heterocycles. The number of hydrogen-bond donors (Lipinski definition) is 3. The number of cyclic esters (lactones) is 1. The van der Waals surface area contributed by atoms with Gasteiger partial charge in [-0.15, -0.1) is 0 Å². The first-order chi connectivity index (χ1) is 16.1. The normalized spacial score (nSPS) is 29.0. The molecule has 6 atom stereocenters. The molecule has 2 rings (SSSR count). The molecular formula is C23H37NO10. The lowest BCUT2D eigenvalue weighted by Crippen LogP contribution is -2.72. The lowest BCUT2D eigenvalue weighted by atomic mass is 9.86. The Bertz CT molecular complexity index is 729. The summed E-state index contributed by atoms with van der Waals surface area (Å²) < 4.78 is 21.6. The number of amides is 1. The van der Waals surface area contributed by atoms with E-state index >= 15 is 0 Å². The van der Waals surface area contributed by atoms with E-state index in [1.165, 1.54) is 6.92 Å². The zero-order chi connectivity index (χ0) is 25.3. The Morgan fingerprint density at radius 3 is 2.32 bits per heavy atom. The van der Waals surface area contributed by atoms with Gasteiger partial charge in [-0.3, -0.25) is 14.4 Å². The summed E-state index contributed by atoms with van der Waals surface area (Å²) in [7, 11) is 0. The van der Waals surface area contributed by atoms with Crippen molar-refractivity contribution in [3.8, 4) is 0 Å². The van der Waals surface area contributed by atoms with E-state index in [1.54, 1.807) is 0 Å². The largest absolute Gasteiger partial charge is 0.463 e. The van der Waals surface area contributed by atoms with E-state index in [-0.39, 0.29) is 12.8 Å². The van der Waals surface area contributed by atoms with Gasteiger partial charge in [0.25, 0.3) is 0 Å². The Kier molecular flexibility index (Phi) is 10.7. The highest BCUT2D eigenvalue weighted by molar-refractivity contribution is 5.83. The molecule has 2 fully saturated rings. The first kappa shape index (κ1) is 28.0. The zero-order valence-corrected chi connectivity index (χ0v) is 20.1. The van der Waals surface area contributed by atoms with Gasteiger partial charge in [0.2, 0.25) is 5.91 Å². The molecule has 0 radical (unpaired) electrons. The van der Waals surface area contributed by atoms with Gasteiger partial charge in [-0.2, -0.15) is 0 Å². The Morgan fingerprint density at radius 1 is 1.12 bits per heavy atom. The number of aliphatic hydroxyl groups excluding tert-OH is 2. The lowest BCUT2D eigenvalue weighted by molar-refractivity contribution is -0.333.